The van der Waals surface area contributed by atoms with Crippen molar-refractivity contribution in [3.8, 4) is 11.5 Å². The fourth-order valence-electron chi connectivity index (χ4n) is 2.09. The molecule has 0 aromatic heterocycles. The third kappa shape index (κ3) is 3.04. The van der Waals surface area contributed by atoms with Crippen molar-refractivity contribution in [2.24, 2.45) is 5.84 Å². The fourth-order valence-corrected chi connectivity index (χ4v) is 2.21. The SMILES string of the molecule is COc1ccc(OC)c(C(NN)c2ccc(Cl)cc2)c1. The number of benzene rings is 2. The zero-order valence-electron chi connectivity index (χ0n) is 11.4. The van der Waals surface area contributed by atoms with Crippen LogP contribution in [0.15, 0.2) is 42.5 Å². The monoisotopic (exact) mass is 292 g/mol. The minimum atomic E-state index is -0.211. The highest BCUT2D eigenvalue weighted by molar-refractivity contribution is 6.30. The van der Waals surface area contributed by atoms with Crippen LogP contribution in [-0.4, -0.2) is 14.2 Å². The molecule has 106 valence electrons. The lowest BCUT2D eigenvalue weighted by Gasteiger charge is -2.20. The third-order valence-corrected chi connectivity index (χ3v) is 3.37. The van der Waals surface area contributed by atoms with Gasteiger partial charge in [-0.3, -0.25) is 5.84 Å². The van der Waals surface area contributed by atoms with Crippen molar-refractivity contribution in [2.75, 3.05) is 14.2 Å². The van der Waals surface area contributed by atoms with Crippen molar-refractivity contribution in [1.82, 2.24) is 5.43 Å². The summed E-state index contributed by atoms with van der Waals surface area (Å²) < 4.78 is 10.7. The molecule has 0 aliphatic heterocycles. The molecule has 0 fully saturated rings. The molecule has 1 atom stereocenters. The van der Waals surface area contributed by atoms with Crippen molar-refractivity contribution in [3.05, 3.63) is 58.6 Å². The van der Waals surface area contributed by atoms with Crippen LogP contribution in [0.2, 0.25) is 5.02 Å². The Morgan fingerprint density at radius 2 is 1.75 bits per heavy atom. The van der Waals surface area contributed by atoms with Crippen molar-refractivity contribution in [3.63, 3.8) is 0 Å². The van der Waals surface area contributed by atoms with Crippen LogP contribution in [0.5, 0.6) is 11.5 Å². The van der Waals surface area contributed by atoms with Gasteiger partial charge in [-0.05, 0) is 35.9 Å². The molecule has 2 aromatic rings. The van der Waals surface area contributed by atoms with E-state index in [9.17, 15) is 0 Å². The first-order valence-electron chi connectivity index (χ1n) is 6.13. The number of hydrogen-bond acceptors (Lipinski definition) is 4. The number of hydrogen-bond donors (Lipinski definition) is 2. The van der Waals surface area contributed by atoms with Gasteiger partial charge in [-0.15, -0.1) is 0 Å². The number of hydrazine groups is 1. The Labute approximate surface area is 123 Å². The highest BCUT2D eigenvalue weighted by atomic mass is 35.5. The molecule has 0 aliphatic carbocycles. The van der Waals surface area contributed by atoms with Crippen LogP contribution in [0.25, 0.3) is 0 Å². The summed E-state index contributed by atoms with van der Waals surface area (Å²) in [5, 5.41) is 0.683. The molecule has 2 aromatic carbocycles. The zero-order valence-corrected chi connectivity index (χ0v) is 12.1. The Morgan fingerprint density at radius 1 is 1.05 bits per heavy atom. The van der Waals surface area contributed by atoms with Gasteiger partial charge in [0.2, 0.25) is 0 Å². The predicted molar refractivity (Wildman–Crippen MR) is 80.2 cm³/mol. The van der Waals surface area contributed by atoms with Gasteiger partial charge in [-0.1, -0.05) is 23.7 Å². The highest BCUT2D eigenvalue weighted by Gasteiger charge is 2.18. The van der Waals surface area contributed by atoms with E-state index in [0.717, 1.165) is 22.6 Å². The molecule has 5 heteroatoms. The van der Waals surface area contributed by atoms with Crippen LogP contribution < -0.4 is 20.7 Å². The largest absolute Gasteiger partial charge is 0.497 e. The minimum absolute atomic E-state index is 0.211. The first-order valence-corrected chi connectivity index (χ1v) is 6.51. The van der Waals surface area contributed by atoms with Gasteiger partial charge in [0, 0.05) is 10.6 Å². The second-order valence-electron chi connectivity index (χ2n) is 4.26. The molecule has 0 radical (unpaired) electrons. The van der Waals surface area contributed by atoms with Crippen LogP contribution in [-0.2, 0) is 0 Å². The molecule has 20 heavy (non-hydrogen) atoms. The Kier molecular flexibility index (Phi) is 4.84. The first kappa shape index (κ1) is 14.7. The number of halogens is 1. The molecule has 4 nitrogen and oxygen atoms in total. The van der Waals surface area contributed by atoms with Crippen molar-refractivity contribution >= 4 is 11.6 Å². The topological polar surface area (TPSA) is 56.5 Å². The van der Waals surface area contributed by atoms with E-state index < -0.39 is 0 Å². The fraction of sp³-hybridized carbons (Fsp3) is 0.200. The van der Waals surface area contributed by atoms with Gasteiger partial charge in [0.1, 0.15) is 11.5 Å². The molecule has 0 heterocycles. The second kappa shape index (κ2) is 6.61. The van der Waals surface area contributed by atoms with Gasteiger partial charge in [-0.25, -0.2) is 5.43 Å². The number of methoxy groups -OCH3 is 2. The van der Waals surface area contributed by atoms with Crippen LogP contribution in [0.1, 0.15) is 17.2 Å². The molecule has 0 aliphatic rings. The summed E-state index contributed by atoms with van der Waals surface area (Å²) in [5.74, 6) is 7.20. The van der Waals surface area contributed by atoms with E-state index in [2.05, 4.69) is 5.43 Å². The van der Waals surface area contributed by atoms with E-state index in [-0.39, 0.29) is 6.04 Å². The van der Waals surface area contributed by atoms with E-state index in [0.29, 0.717) is 5.02 Å². The van der Waals surface area contributed by atoms with Crippen molar-refractivity contribution in [1.29, 1.82) is 0 Å². The maximum Gasteiger partial charge on any atom is 0.124 e. The summed E-state index contributed by atoms with van der Waals surface area (Å²) in [7, 11) is 3.25. The van der Waals surface area contributed by atoms with E-state index >= 15 is 0 Å². The Bertz CT molecular complexity index is 573. The molecule has 0 spiro atoms. The van der Waals surface area contributed by atoms with Crippen LogP contribution in [0, 0.1) is 0 Å². The summed E-state index contributed by atoms with van der Waals surface area (Å²) >= 11 is 5.92. The molecular formula is C15H17ClN2O2. The lowest BCUT2D eigenvalue weighted by atomic mass is 9.98. The predicted octanol–water partition coefficient (Wildman–Crippen LogP) is 2.91. The average Bonchev–Trinajstić information content (AvgIpc) is 2.49. The molecule has 3 N–H and O–H groups in total. The average molecular weight is 293 g/mol. The van der Waals surface area contributed by atoms with Gasteiger partial charge in [0.15, 0.2) is 0 Å². The molecule has 0 saturated carbocycles. The molecule has 1 unspecified atom stereocenters. The Balaban J connectivity index is 2.47. The summed E-state index contributed by atoms with van der Waals surface area (Å²) in [6.07, 6.45) is 0. The lowest BCUT2D eigenvalue weighted by Crippen LogP contribution is -2.29. The lowest BCUT2D eigenvalue weighted by molar-refractivity contribution is 0.394. The van der Waals surface area contributed by atoms with E-state index in [1.165, 1.54) is 0 Å². The van der Waals surface area contributed by atoms with Crippen LogP contribution in [0.4, 0.5) is 0 Å². The van der Waals surface area contributed by atoms with E-state index in [1.807, 2.05) is 42.5 Å². The third-order valence-electron chi connectivity index (χ3n) is 3.12. The highest BCUT2D eigenvalue weighted by Crippen LogP contribution is 2.33. The maximum atomic E-state index is 5.92. The number of ether oxygens (including phenoxy) is 2. The summed E-state index contributed by atoms with van der Waals surface area (Å²) in [4.78, 5) is 0. The normalized spacial score (nSPS) is 12.0. The number of nitrogens with one attached hydrogen (secondary N) is 1. The van der Waals surface area contributed by atoms with Crippen LogP contribution >= 0.6 is 11.6 Å². The Hall–Kier alpha value is -1.75. The Morgan fingerprint density at radius 3 is 2.30 bits per heavy atom. The smallest absolute Gasteiger partial charge is 0.124 e. The summed E-state index contributed by atoms with van der Waals surface area (Å²) in [6, 6.07) is 12.9. The molecule has 2 rings (SSSR count). The van der Waals surface area contributed by atoms with E-state index in [4.69, 9.17) is 26.9 Å². The summed E-state index contributed by atoms with van der Waals surface area (Å²) in [5.41, 5.74) is 4.69. The van der Waals surface area contributed by atoms with Gasteiger partial charge >= 0.3 is 0 Å². The van der Waals surface area contributed by atoms with Crippen molar-refractivity contribution in [2.45, 2.75) is 6.04 Å². The quantitative estimate of drug-likeness (QED) is 0.657. The van der Waals surface area contributed by atoms with E-state index in [1.54, 1.807) is 14.2 Å². The van der Waals surface area contributed by atoms with Crippen LogP contribution in [0.3, 0.4) is 0 Å². The summed E-state index contributed by atoms with van der Waals surface area (Å²) in [6.45, 7) is 0. The first-order chi connectivity index (χ1) is 9.69. The maximum absolute atomic E-state index is 5.92. The zero-order chi connectivity index (χ0) is 14.5. The molecule has 0 saturated heterocycles. The molecular weight excluding hydrogens is 276 g/mol. The molecule has 0 amide bonds. The number of nitrogens with two attached hydrogens (primary N) is 1. The van der Waals surface area contributed by atoms with Crippen molar-refractivity contribution < 1.29 is 9.47 Å². The van der Waals surface area contributed by atoms with Gasteiger partial charge < -0.3 is 9.47 Å². The molecule has 0 bridgehead atoms. The second-order valence-corrected chi connectivity index (χ2v) is 4.70. The van der Waals surface area contributed by atoms with Gasteiger partial charge in [-0.2, -0.15) is 0 Å². The van der Waals surface area contributed by atoms with Gasteiger partial charge in [0.05, 0.1) is 20.3 Å². The minimum Gasteiger partial charge on any atom is -0.497 e. The number of rotatable bonds is 5. The van der Waals surface area contributed by atoms with Gasteiger partial charge in [0.25, 0.3) is 0 Å². The standard InChI is InChI=1S/C15H17ClN2O2/c1-19-12-7-8-14(20-2)13(9-12)15(18-17)10-3-5-11(16)6-4-10/h3-9,15,18H,17H2,1-2H3.